The average Bonchev–Trinajstić information content (AvgIpc) is 2.95. The van der Waals surface area contributed by atoms with Crippen LogP contribution >= 0.6 is 24.4 Å². The molecule has 4 atom stereocenters. The van der Waals surface area contributed by atoms with E-state index in [0.29, 0.717) is 8.64 Å². The molecule has 0 aromatic heterocycles. The van der Waals surface area contributed by atoms with Crippen LogP contribution in [-0.4, -0.2) is 44.6 Å². The Morgan fingerprint density at radius 3 is 0.780 bits per heavy atom. The van der Waals surface area contributed by atoms with Gasteiger partial charge >= 0.3 is 16.5 Å². The summed E-state index contributed by atoms with van der Waals surface area (Å²) in [5.41, 5.74) is 0. The molecule has 7 heteroatoms. The van der Waals surface area contributed by atoms with Crippen molar-refractivity contribution in [2.24, 2.45) is 23.7 Å². The molecule has 0 N–H and O–H groups in total. The number of hydrogen-bond donors (Lipinski definition) is 0. The van der Waals surface area contributed by atoms with Gasteiger partial charge in [-0.25, -0.2) is 0 Å². The first kappa shape index (κ1) is 46.1. The summed E-state index contributed by atoms with van der Waals surface area (Å²) in [6, 6.07) is 0. The van der Waals surface area contributed by atoms with Gasteiger partial charge in [0, 0.05) is 26.2 Å². The van der Waals surface area contributed by atoms with Crippen molar-refractivity contribution in [3.05, 3.63) is 0 Å². The SMILES string of the molecule is CCCCC(CC)CN(CC(CC)CCCC)C(=S)[S-].CCCCC(CC)CN(CC(CC)CCCC)C(=S)[S-].[Ni+2]. The molecule has 0 rings (SSSR count). The van der Waals surface area contributed by atoms with Crippen LogP contribution in [0.15, 0.2) is 0 Å². The molecule has 0 aliphatic carbocycles. The van der Waals surface area contributed by atoms with Gasteiger partial charge in [0.05, 0.1) is 0 Å². The van der Waals surface area contributed by atoms with Crippen LogP contribution in [0.2, 0.25) is 0 Å². The summed E-state index contributed by atoms with van der Waals surface area (Å²) >= 11 is 21.3. The van der Waals surface area contributed by atoms with Gasteiger partial charge in [-0.1, -0.05) is 141 Å². The predicted molar refractivity (Wildman–Crippen MR) is 196 cm³/mol. The summed E-state index contributed by atoms with van der Waals surface area (Å²) < 4.78 is 1.35. The summed E-state index contributed by atoms with van der Waals surface area (Å²) in [6.07, 6.45) is 20.6. The van der Waals surface area contributed by atoms with Crippen LogP contribution in [0, 0.1) is 23.7 Å². The van der Waals surface area contributed by atoms with E-state index >= 15 is 0 Å². The van der Waals surface area contributed by atoms with E-state index in [4.69, 9.17) is 49.7 Å². The molecule has 0 heterocycles. The minimum absolute atomic E-state index is 0. The van der Waals surface area contributed by atoms with Crippen LogP contribution in [-0.2, 0) is 41.7 Å². The Balaban J connectivity index is -0.000000688. The molecular formula is C34H68N2NiS4. The van der Waals surface area contributed by atoms with Crippen molar-refractivity contribution in [3.8, 4) is 0 Å². The second-order valence-corrected chi connectivity index (χ2v) is 14.1. The molecule has 0 fully saturated rings. The molecule has 0 aromatic carbocycles. The molecule has 4 unspecified atom stereocenters. The smallest absolute Gasteiger partial charge is 0.411 e. The molecule has 0 aliphatic rings. The first-order chi connectivity index (χ1) is 19.2. The second kappa shape index (κ2) is 32.1. The summed E-state index contributed by atoms with van der Waals surface area (Å²) in [6.45, 7) is 22.5. The van der Waals surface area contributed by atoms with Crippen molar-refractivity contribution in [1.82, 2.24) is 9.80 Å². The molecule has 0 radical (unpaired) electrons. The van der Waals surface area contributed by atoms with Crippen LogP contribution in [0.1, 0.15) is 158 Å². The summed E-state index contributed by atoms with van der Waals surface area (Å²) in [5.74, 6) is 3.00. The Kier molecular flexibility index (Phi) is 36.1. The van der Waals surface area contributed by atoms with Gasteiger partial charge in [0.1, 0.15) is 0 Å². The molecule has 248 valence electrons. The molecular weight excluding hydrogens is 623 g/mol. The molecule has 0 aliphatic heterocycles. The van der Waals surface area contributed by atoms with Crippen LogP contribution in [0.5, 0.6) is 0 Å². The van der Waals surface area contributed by atoms with Crippen molar-refractivity contribution >= 4 is 58.3 Å². The fraction of sp³-hybridized carbons (Fsp3) is 0.941. The number of nitrogens with zero attached hydrogens (tertiary/aromatic N) is 2. The van der Waals surface area contributed by atoms with Crippen LogP contribution < -0.4 is 0 Å². The Labute approximate surface area is 290 Å². The van der Waals surface area contributed by atoms with E-state index in [2.05, 4.69) is 65.2 Å². The zero-order valence-corrected chi connectivity index (χ0v) is 32.5. The quantitative estimate of drug-likeness (QED) is 0.0561. The average molecular weight is 692 g/mol. The van der Waals surface area contributed by atoms with Gasteiger partial charge in [-0.3, -0.25) is 0 Å². The predicted octanol–water partition coefficient (Wildman–Crippen LogP) is 11.1. The Bertz CT molecular complexity index is 507. The Morgan fingerprint density at radius 2 is 0.659 bits per heavy atom. The molecule has 0 bridgehead atoms. The summed E-state index contributed by atoms with van der Waals surface area (Å²) in [5, 5.41) is 0. The second-order valence-electron chi connectivity index (χ2n) is 12.0. The van der Waals surface area contributed by atoms with E-state index < -0.39 is 0 Å². The van der Waals surface area contributed by atoms with Crippen molar-refractivity contribution < 1.29 is 16.5 Å². The zero-order valence-electron chi connectivity index (χ0n) is 28.3. The summed E-state index contributed by atoms with van der Waals surface area (Å²) in [4.78, 5) is 4.61. The van der Waals surface area contributed by atoms with Gasteiger partial charge in [-0.2, -0.15) is 0 Å². The van der Waals surface area contributed by atoms with Gasteiger partial charge in [0.25, 0.3) is 0 Å². The van der Waals surface area contributed by atoms with E-state index in [1.54, 1.807) is 0 Å². The third-order valence-corrected chi connectivity index (χ3v) is 9.64. The van der Waals surface area contributed by atoms with E-state index in [0.717, 1.165) is 49.9 Å². The minimum Gasteiger partial charge on any atom is -0.411 e. The monoisotopic (exact) mass is 690 g/mol. The van der Waals surface area contributed by atoms with Crippen LogP contribution in [0.3, 0.4) is 0 Å². The van der Waals surface area contributed by atoms with Crippen LogP contribution in [0.25, 0.3) is 0 Å². The van der Waals surface area contributed by atoms with Crippen molar-refractivity contribution in [2.45, 2.75) is 158 Å². The minimum atomic E-state index is 0. The van der Waals surface area contributed by atoms with Crippen molar-refractivity contribution in [1.29, 1.82) is 0 Å². The third kappa shape index (κ3) is 25.7. The number of unbranched alkanes of at least 4 members (excludes halogenated alkanes) is 4. The van der Waals surface area contributed by atoms with E-state index in [9.17, 15) is 0 Å². The Hall–Kier alpha value is 0.714. The molecule has 0 spiro atoms. The number of thiocarbonyl (C=S) groups is 2. The molecule has 0 saturated carbocycles. The normalized spacial score (nSPS) is 13.7. The molecule has 0 saturated heterocycles. The van der Waals surface area contributed by atoms with Crippen molar-refractivity contribution in [3.63, 3.8) is 0 Å². The first-order valence-electron chi connectivity index (χ1n) is 17.1. The van der Waals surface area contributed by atoms with Crippen molar-refractivity contribution in [2.75, 3.05) is 26.2 Å². The first-order valence-corrected chi connectivity index (χ1v) is 18.7. The fourth-order valence-electron chi connectivity index (χ4n) is 5.36. The fourth-order valence-corrected chi connectivity index (χ4v) is 5.96. The van der Waals surface area contributed by atoms with Gasteiger partial charge < -0.3 is 59.5 Å². The maximum absolute atomic E-state index is 5.32. The summed E-state index contributed by atoms with van der Waals surface area (Å²) in [7, 11) is 0. The van der Waals surface area contributed by atoms with E-state index in [-0.39, 0.29) is 16.5 Å². The van der Waals surface area contributed by atoms with E-state index in [1.165, 1.54) is 103 Å². The molecule has 0 aromatic rings. The maximum atomic E-state index is 5.32. The third-order valence-electron chi connectivity index (χ3n) is 8.60. The van der Waals surface area contributed by atoms with E-state index in [1.807, 2.05) is 0 Å². The molecule has 41 heavy (non-hydrogen) atoms. The van der Waals surface area contributed by atoms with Crippen LogP contribution in [0.4, 0.5) is 0 Å². The van der Waals surface area contributed by atoms with Gasteiger partial charge in [0.15, 0.2) is 0 Å². The number of rotatable bonds is 24. The zero-order chi connectivity index (χ0) is 30.8. The standard InChI is InChI=1S/2C17H35NS2.Ni/c2*1-5-9-11-15(7-3)13-18(17(19)20)14-16(8-4)12-10-6-2;/h2*15-16H,5-14H2,1-4H3,(H,19,20);/q;;+2/p-2. The van der Waals surface area contributed by atoms with Gasteiger partial charge in [-0.15, -0.1) is 0 Å². The maximum Gasteiger partial charge on any atom is 2.00 e. The Morgan fingerprint density at radius 1 is 0.463 bits per heavy atom. The topological polar surface area (TPSA) is 6.48 Å². The number of hydrogen-bond acceptors (Lipinski definition) is 4. The van der Waals surface area contributed by atoms with Gasteiger partial charge in [0.2, 0.25) is 0 Å². The molecule has 0 amide bonds. The van der Waals surface area contributed by atoms with Gasteiger partial charge in [-0.05, 0) is 49.4 Å². The largest absolute Gasteiger partial charge is 2.00 e. The molecule has 2 nitrogen and oxygen atoms in total.